The normalized spacial score (nSPS) is 14.1. The van der Waals surface area contributed by atoms with Crippen molar-refractivity contribution in [2.45, 2.75) is 31.7 Å². The highest BCUT2D eigenvalue weighted by Gasteiger charge is 2.17. The molecule has 2 N–H and O–H groups in total. The molecule has 1 aliphatic rings. The van der Waals surface area contributed by atoms with E-state index in [0.29, 0.717) is 16.3 Å². The van der Waals surface area contributed by atoms with E-state index < -0.39 is 0 Å². The number of carbonyl (C=O) groups excluding carboxylic acids is 2. The summed E-state index contributed by atoms with van der Waals surface area (Å²) in [5.74, 6) is -0.124. The van der Waals surface area contributed by atoms with E-state index in [-0.39, 0.29) is 18.0 Å². The summed E-state index contributed by atoms with van der Waals surface area (Å²) >= 11 is 5.86. The standard InChI is InChI=1S/C20H22ClN3O2/c1-24(19(25)14-6-8-15(21)9-7-14)18-12-10-17(11-13-18)23-20(26)22-16-4-2-3-5-16/h6-13,16H,2-5H2,1H3,(H2,22,23,26). The number of nitrogens with one attached hydrogen (secondary N) is 2. The summed E-state index contributed by atoms with van der Waals surface area (Å²) in [5.41, 5.74) is 2.00. The second-order valence-electron chi connectivity index (χ2n) is 6.50. The Morgan fingerprint density at radius 3 is 2.23 bits per heavy atom. The van der Waals surface area contributed by atoms with Crippen molar-refractivity contribution in [1.29, 1.82) is 0 Å². The fourth-order valence-corrected chi connectivity index (χ4v) is 3.22. The number of rotatable bonds is 4. The molecule has 6 heteroatoms. The molecule has 0 bridgehead atoms. The van der Waals surface area contributed by atoms with Crippen LogP contribution in [0.15, 0.2) is 48.5 Å². The van der Waals surface area contributed by atoms with Crippen molar-refractivity contribution < 1.29 is 9.59 Å². The summed E-state index contributed by atoms with van der Waals surface area (Å²) in [4.78, 5) is 26.1. The molecule has 1 saturated carbocycles. The molecule has 1 aliphatic carbocycles. The van der Waals surface area contributed by atoms with Crippen molar-refractivity contribution in [3.8, 4) is 0 Å². The van der Waals surface area contributed by atoms with Crippen LogP contribution in [-0.4, -0.2) is 25.0 Å². The average molecular weight is 372 g/mol. The van der Waals surface area contributed by atoms with Crippen LogP contribution in [0.2, 0.25) is 5.02 Å². The lowest BCUT2D eigenvalue weighted by Gasteiger charge is -2.18. The van der Waals surface area contributed by atoms with Crippen LogP contribution >= 0.6 is 11.6 Å². The van der Waals surface area contributed by atoms with Crippen molar-refractivity contribution in [2.75, 3.05) is 17.3 Å². The van der Waals surface area contributed by atoms with Crippen molar-refractivity contribution in [2.24, 2.45) is 0 Å². The van der Waals surface area contributed by atoms with E-state index in [1.54, 1.807) is 60.5 Å². The van der Waals surface area contributed by atoms with Gasteiger partial charge in [0.15, 0.2) is 0 Å². The van der Waals surface area contributed by atoms with E-state index >= 15 is 0 Å². The highest BCUT2D eigenvalue weighted by Crippen LogP contribution is 2.21. The fraction of sp³-hybridized carbons (Fsp3) is 0.300. The molecule has 0 heterocycles. The predicted octanol–water partition coefficient (Wildman–Crippen LogP) is 4.68. The first-order valence-electron chi connectivity index (χ1n) is 8.74. The van der Waals surface area contributed by atoms with Gasteiger partial charge in [-0.15, -0.1) is 0 Å². The number of halogens is 1. The van der Waals surface area contributed by atoms with E-state index in [4.69, 9.17) is 11.6 Å². The molecule has 2 aromatic rings. The number of amides is 3. The van der Waals surface area contributed by atoms with Crippen LogP contribution in [0.1, 0.15) is 36.0 Å². The molecule has 3 rings (SSSR count). The summed E-state index contributed by atoms with van der Waals surface area (Å²) in [6.45, 7) is 0. The molecular weight excluding hydrogens is 350 g/mol. The van der Waals surface area contributed by atoms with Gasteiger partial charge in [-0.25, -0.2) is 4.79 Å². The number of hydrogen-bond acceptors (Lipinski definition) is 2. The van der Waals surface area contributed by atoms with Crippen LogP contribution in [0.3, 0.4) is 0 Å². The maximum Gasteiger partial charge on any atom is 0.319 e. The zero-order valence-corrected chi connectivity index (χ0v) is 15.4. The molecule has 3 amide bonds. The quantitative estimate of drug-likeness (QED) is 0.819. The fourth-order valence-electron chi connectivity index (χ4n) is 3.09. The smallest absolute Gasteiger partial charge is 0.319 e. The lowest BCUT2D eigenvalue weighted by Crippen LogP contribution is -2.36. The molecule has 0 spiro atoms. The molecule has 26 heavy (non-hydrogen) atoms. The van der Waals surface area contributed by atoms with Gasteiger partial charge in [-0.05, 0) is 61.4 Å². The van der Waals surface area contributed by atoms with Gasteiger partial charge in [0.05, 0.1) is 0 Å². The van der Waals surface area contributed by atoms with Gasteiger partial charge in [0.1, 0.15) is 0 Å². The Balaban J connectivity index is 1.60. The average Bonchev–Trinajstić information content (AvgIpc) is 3.14. The lowest BCUT2D eigenvalue weighted by molar-refractivity contribution is 0.0993. The zero-order chi connectivity index (χ0) is 18.5. The van der Waals surface area contributed by atoms with E-state index in [1.165, 1.54) is 12.8 Å². The Morgan fingerprint density at radius 1 is 1.00 bits per heavy atom. The van der Waals surface area contributed by atoms with Gasteiger partial charge in [-0.3, -0.25) is 4.79 Å². The van der Waals surface area contributed by atoms with Crippen molar-refractivity contribution >= 4 is 34.9 Å². The second-order valence-corrected chi connectivity index (χ2v) is 6.93. The maximum absolute atomic E-state index is 12.5. The van der Waals surface area contributed by atoms with E-state index in [2.05, 4.69) is 10.6 Å². The highest BCUT2D eigenvalue weighted by atomic mass is 35.5. The van der Waals surface area contributed by atoms with Crippen molar-refractivity contribution in [3.63, 3.8) is 0 Å². The topological polar surface area (TPSA) is 61.4 Å². The number of anilines is 2. The third-order valence-electron chi connectivity index (χ3n) is 4.60. The summed E-state index contributed by atoms with van der Waals surface area (Å²) in [7, 11) is 1.71. The summed E-state index contributed by atoms with van der Waals surface area (Å²) in [5, 5.41) is 6.41. The third-order valence-corrected chi connectivity index (χ3v) is 4.85. The summed E-state index contributed by atoms with van der Waals surface area (Å²) < 4.78 is 0. The van der Waals surface area contributed by atoms with Crippen LogP contribution < -0.4 is 15.5 Å². The number of benzene rings is 2. The van der Waals surface area contributed by atoms with Crippen LogP contribution in [0, 0.1) is 0 Å². The van der Waals surface area contributed by atoms with Crippen molar-refractivity contribution in [1.82, 2.24) is 5.32 Å². The lowest BCUT2D eigenvalue weighted by atomic mass is 10.2. The van der Waals surface area contributed by atoms with Crippen molar-refractivity contribution in [3.05, 3.63) is 59.1 Å². The molecular formula is C20H22ClN3O2. The molecule has 0 radical (unpaired) electrons. The van der Waals surface area contributed by atoms with Gasteiger partial charge in [0, 0.05) is 35.1 Å². The Morgan fingerprint density at radius 2 is 1.62 bits per heavy atom. The molecule has 0 aliphatic heterocycles. The molecule has 5 nitrogen and oxygen atoms in total. The number of carbonyl (C=O) groups is 2. The molecule has 2 aromatic carbocycles. The van der Waals surface area contributed by atoms with E-state index in [9.17, 15) is 9.59 Å². The molecule has 0 aromatic heterocycles. The van der Waals surface area contributed by atoms with E-state index in [0.717, 1.165) is 18.5 Å². The molecule has 0 saturated heterocycles. The summed E-state index contributed by atoms with van der Waals surface area (Å²) in [6.07, 6.45) is 4.44. The molecule has 0 unspecified atom stereocenters. The number of nitrogens with zero attached hydrogens (tertiary/aromatic N) is 1. The van der Waals surface area contributed by atoms with Gasteiger partial charge in [-0.2, -0.15) is 0 Å². The molecule has 136 valence electrons. The SMILES string of the molecule is CN(C(=O)c1ccc(Cl)cc1)c1ccc(NC(=O)NC2CCCC2)cc1. The highest BCUT2D eigenvalue weighted by molar-refractivity contribution is 6.30. The first-order valence-corrected chi connectivity index (χ1v) is 9.12. The Kier molecular flexibility index (Phi) is 5.78. The number of urea groups is 1. The van der Waals surface area contributed by atoms with Gasteiger partial charge >= 0.3 is 6.03 Å². The Labute approximate surface area is 158 Å². The maximum atomic E-state index is 12.5. The number of hydrogen-bond donors (Lipinski definition) is 2. The monoisotopic (exact) mass is 371 g/mol. The second kappa shape index (κ2) is 8.23. The Hall–Kier alpha value is -2.53. The minimum Gasteiger partial charge on any atom is -0.335 e. The van der Waals surface area contributed by atoms with Gasteiger partial charge in [0.25, 0.3) is 5.91 Å². The largest absolute Gasteiger partial charge is 0.335 e. The van der Waals surface area contributed by atoms with E-state index in [1.807, 2.05) is 0 Å². The van der Waals surface area contributed by atoms with Gasteiger partial charge in [-0.1, -0.05) is 24.4 Å². The molecule has 0 atom stereocenters. The van der Waals surface area contributed by atoms with Crippen LogP contribution in [0.5, 0.6) is 0 Å². The van der Waals surface area contributed by atoms with Crippen LogP contribution in [0.4, 0.5) is 16.2 Å². The first-order chi connectivity index (χ1) is 12.5. The molecule has 1 fully saturated rings. The Bertz CT molecular complexity index is 769. The minimum absolute atomic E-state index is 0.124. The van der Waals surface area contributed by atoms with Gasteiger partial charge < -0.3 is 15.5 Å². The third kappa shape index (κ3) is 4.55. The van der Waals surface area contributed by atoms with Crippen LogP contribution in [0.25, 0.3) is 0 Å². The summed E-state index contributed by atoms with van der Waals surface area (Å²) in [6, 6.07) is 14.1. The minimum atomic E-state index is -0.185. The predicted molar refractivity (Wildman–Crippen MR) is 105 cm³/mol. The zero-order valence-electron chi connectivity index (χ0n) is 14.7. The van der Waals surface area contributed by atoms with Crippen LogP contribution in [-0.2, 0) is 0 Å². The van der Waals surface area contributed by atoms with Gasteiger partial charge in [0.2, 0.25) is 0 Å². The first kappa shape index (κ1) is 18.3.